The van der Waals surface area contributed by atoms with Crippen LogP contribution in [0.2, 0.25) is 0 Å². The molecule has 1 saturated heterocycles. The number of ether oxygens (including phenoxy) is 1. The second-order valence-electron chi connectivity index (χ2n) is 3.98. The summed E-state index contributed by atoms with van der Waals surface area (Å²) in [6, 6.07) is 0. The van der Waals surface area contributed by atoms with Crippen LogP contribution in [0.4, 0.5) is 13.2 Å². The smallest absolute Gasteiger partial charge is 0.435 e. The van der Waals surface area contributed by atoms with Crippen LogP contribution in [0.25, 0.3) is 0 Å². The van der Waals surface area contributed by atoms with Crippen LogP contribution in [0, 0.1) is 0 Å². The van der Waals surface area contributed by atoms with Gasteiger partial charge in [-0.2, -0.15) is 13.2 Å². The van der Waals surface area contributed by atoms with Crippen molar-refractivity contribution in [3.8, 4) is 0 Å². The molecule has 0 amide bonds. The van der Waals surface area contributed by atoms with Gasteiger partial charge in [-0.15, -0.1) is 0 Å². The Morgan fingerprint density at radius 3 is 2.58 bits per heavy atom. The van der Waals surface area contributed by atoms with Gasteiger partial charge >= 0.3 is 12.1 Å². The van der Waals surface area contributed by atoms with E-state index in [1.807, 2.05) is 0 Å². The van der Waals surface area contributed by atoms with Gasteiger partial charge in [0.15, 0.2) is 23.5 Å². The fourth-order valence-corrected chi connectivity index (χ4v) is 1.79. The molecule has 1 aliphatic rings. The first-order valence-corrected chi connectivity index (χ1v) is 5.32. The van der Waals surface area contributed by atoms with Gasteiger partial charge in [0.05, 0.1) is 12.6 Å². The summed E-state index contributed by atoms with van der Waals surface area (Å²) in [4.78, 5) is 24.8. The maximum atomic E-state index is 12.7. The number of imidazole rings is 1. The molecule has 1 aromatic heterocycles. The van der Waals surface area contributed by atoms with E-state index in [2.05, 4.69) is 4.98 Å². The maximum Gasteiger partial charge on any atom is 0.435 e. The van der Waals surface area contributed by atoms with Gasteiger partial charge in [0.25, 0.3) is 0 Å². The molecule has 2 heterocycles. The lowest BCUT2D eigenvalue weighted by Crippen LogP contribution is -2.33. The molecule has 6 nitrogen and oxygen atoms in total. The monoisotopic (exact) mass is 278 g/mol. The van der Waals surface area contributed by atoms with Crippen LogP contribution in [0.15, 0.2) is 0 Å². The quantitative estimate of drug-likeness (QED) is 0.837. The first kappa shape index (κ1) is 13.5. The van der Waals surface area contributed by atoms with Gasteiger partial charge in [0.2, 0.25) is 0 Å². The molecular weight excluding hydrogens is 269 g/mol. The van der Waals surface area contributed by atoms with Crippen molar-refractivity contribution in [2.45, 2.75) is 25.2 Å². The van der Waals surface area contributed by atoms with Crippen molar-refractivity contribution >= 4 is 12.3 Å². The number of nitrogens with zero attached hydrogens (tertiary/aromatic N) is 2. The van der Waals surface area contributed by atoms with Gasteiger partial charge in [0, 0.05) is 6.61 Å². The second-order valence-corrected chi connectivity index (χ2v) is 3.98. The second kappa shape index (κ2) is 4.65. The Labute approximate surface area is 104 Å². The predicted octanol–water partition coefficient (Wildman–Crippen LogP) is 1.20. The molecule has 1 atom stereocenters. The summed E-state index contributed by atoms with van der Waals surface area (Å²) in [5.41, 5.74) is -2.61. The van der Waals surface area contributed by atoms with Crippen molar-refractivity contribution in [3.05, 3.63) is 17.2 Å². The number of hydrogen-bond donors (Lipinski definition) is 1. The van der Waals surface area contributed by atoms with Crippen LogP contribution in [0.5, 0.6) is 0 Å². The Morgan fingerprint density at radius 2 is 2.21 bits per heavy atom. The maximum absolute atomic E-state index is 12.7. The Morgan fingerprint density at radius 1 is 1.58 bits per heavy atom. The van der Waals surface area contributed by atoms with E-state index >= 15 is 0 Å². The highest BCUT2D eigenvalue weighted by Gasteiger charge is 2.41. The molecule has 0 saturated carbocycles. The molecule has 9 heteroatoms. The topological polar surface area (TPSA) is 81.4 Å². The summed E-state index contributed by atoms with van der Waals surface area (Å²) in [7, 11) is 0. The van der Waals surface area contributed by atoms with Crippen LogP contribution in [-0.4, -0.2) is 39.6 Å². The average molecular weight is 278 g/mol. The molecule has 0 aliphatic carbocycles. The molecule has 1 aliphatic heterocycles. The zero-order chi connectivity index (χ0) is 14.2. The van der Waals surface area contributed by atoms with Gasteiger partial charge in [-0.1, -0.05) is 0 Å². The molecular formula is C10H9F3N2O4. The third kappa shape index (κ3) is 2.46. The lowest BCUT2D eigenvalue weighted by molar-refractivity contribution is -0.141. The van der Waals surface area contributed by atoms with Crippen molar-refractivity contribution < 1.29 is 32.6 Å². The van der Waals surface area contributed by atoms with Crippen LogP contribution >= 0.6 is 0 Å². The highest BCUT2D eigenvalue weighted by molar-refractivity contribution is 5.89. The summed E-state index contributed by atoms with van der Waals surface area (Å²) in [5.74, 6) is -2.35. The highest BCUT2D eigenvalue weighted by atomic mass is 19.4. The summed E-state index contributed by atoms with van der Waals surface area (Å²) in [5, 5.41) is 8.90. The normalized spacial score (nSPS) is 19.0. The standard InChI is InChI=1S/C10H9F3N2O4/c11-10(12,13)8-7(9(17)18)15(6(4-16)14-8)3-5-1-2-19-5/h4-5H,1-3H2,(H,17,18). The summed E-state index contributed by atoms with van der Waals surface area (Å²) < 4.78 is 43.8. The predicted molar refractivity (Wildman–Crippen MR) is 53.9 cm³/mol. The van der Waals surface area contributed by atoms with Gasteiger partial charge in [-0.05, 0) is 6.42 Å². The Balaban J connectivity index is 2.51. The Bertz CT molecular complexity index is 520. The number of carboxylic acids is 1. The summed E-state index contributed by atoms with van der Waals surface area (Å²) >= 11 is 0. The SMILES string of the molecule is O=Cc1nc(C(F)(F)F)c(C(=O)O)n1CC1CCO1. The van der Waals surface area contributed by atoms with Crippen molar-refractivity contribution in [1.29, 1.82) is 0 Å². The van der Waals surface area contributed by atoms with Gasteiger partial charge < -0.3 is 14.4 Å². The van der Waals surface area contributed by atoms with E-state index in [1.54, 1.807) is 0 Å². The first-order valence-electron chi connectivity index (χ1n) is 5.32. The van der Waals surface area contributed by atoms with Crippen LogP contribution in [0.3, 0.4) is 0 Å². The minimum absolute atomic E-state index is 0.0976. The molecule has 0 spiro atoms. The number of carbonyl (C=O) groups excluding carboxylic acids is 1. The van der Waals surface area contributed by atoms with Crippen LogP contribution in [-0.2, 0) is 17.5 Å². The molecule has 1 unspecified atom stereocenters. The fourth-order valence-electron chi connectivity index (χ4n) is 1.79. The third-order valence-electron chi connectivity index (χ3n) is 2.75. The number of hydrogen-bond acceptors (Lipinski definition) is 4. The Kier molecular flexibility index (Phi) is 3.31. The lowest BCUT2D eigenvalue weighted by atomic mass is 10.2. The number of halogens is 3. The van der Waals surface area contributed by atoms with E-state index in [9.17, 15) is 22.8 Å². The summed E-state index contributed by atoms with van der Waals surface area (Å²) in [6.07, 6.45) is -4.64. The zero-order valence-corrected chi connectivity index (χ0v) is 9.48. The number of carboxylic acid groups (broad SMARTS) is 1. The van der Waals surface area contributed by atoms with Gasteiger partial charge in [-0.3, -0.25) is 4.79 Å². The van der Waals surface area contributed by atoms with Crippen molar-refractivity contribution in [3.63, 3.8) is 0 Å². The molecule has 2 rings (SSSR count). The molecule has 1 aromatic rings. The lowest BCUT2D eigenvalue weighted by Gasteiger charge is -2.27. The molecule has 104 valence electrons. The number of rotatable bonds is 4. The molecule has 0 bridgehead atoms. The number of aromatic carboxylic acids is 1. The molecule has 1 N–H and O–H groups in total. The average Bonchev–Trinajstić information content (AvgIpc) is 2.61. The zero-order valence-electron chi connectivity index (χ0n) is 9.48. The molecule has 1 fully saturated rings. The molecule has 0 aromatic carbocycles. The minimum atomic E-state index is -4.93. The third-order valence-corrected chi connectivity index (χ3v) is 2.75. The van der Waals surface area contributed by atoms with Gasteiger partial charge in [-0.25, -0.2) is 9.78 Å². The van der Waals surface area contributed by atoms with Crippen molar-refractivity contribution in [2.24, 2.45) is 0 Å². The van der Waals surface area contributed by atoms with E-state index in [0.29, 0.717) is 13.0 Å². The van der Waals surface area contributed by atoms with Crippen LogP contribution in [0.1, 0.15) is 33.2 Å². The first-order chi connectivity index (χ1) is 8.84. The minimum Gasteiger partial charge on any atom is -0.477 e. The fraction of sp³-hybridized carbons (Fsp3) is 0.500. The number of aldehydes is 1. The Hall–Kier alpha value is -1.90. The van der Waals surface area contributed by atoms with E-state index in [-0.39, 0.29) is 12.8 Å². The van der Waals surface area contributed by atoms with E-state index < -0.39 is 35.5 Å². The van der Waals surface area contributed by atoms with Crippen LogP contribution < -0.4 is 0 Å². The van der Waals surface area contributed by atoms with E-state index in [1.165, 1.54) is 0 Å². The molecule has 19 heavy (non-hydrogen) atoms. The number of carbonyl (C=O) groups is 2. The summed E-state index contributed by atoms with van der Waals surface area (Å²) in [6.45, 7) is 0.323. The van der Waals surface area contributed by atoms with Crippen molar-refractivity contribution in [2.75, 3.05) is 6.61 Å². The van der Waals surface area contributed by atoms with Gasteiger partial charge in [0.1, 0.15) is 0 Å². The van der Waals surface area contributed by atoms with Crippen molar-refractivity contribution in [1.82, 2.24) is 9.55 Å². The van der Waals surface area contributed by atoms with E-state index in [0.717, 1.165) is 4.57 Å². The highest BCUT2D eigenvalue weighted by Crippen LogP contribution is 2.32. The number of alkyl halides is 3. The number of aromatic nitrogens is 2. The molecule has 0 radical (unpaired) electrons. The van der Waals surface area contributed by atoms with E-state index in [4.69, 9.17) is 9.84 Å². The largest absolute Gasteiger partial charge is 0.477 e.